The van der Waals surface area contributed by atoms with Crippen molar-refractivity contribution < 1.29 is 17.9 Å². The van der Waals surface area contributed by atoms with Gasteiger partial charge < -0.3 is 9.64 Å². The molecule has 1 amide bonds. The molecule has 6 nitrogen and oxygen atoms in total. The van der Waals surface area contributed by atoms with Crippen molar-refractivity contribution in [2.75, 3.05) is 26.7 Å². The van der Waals surface area contributed by atoms with Crippen LogP contribution in [-0.4, -0.2) is 46.2 Å². The van der Waals surface area contributed by atoms with Crippen LogP contribution in [0.15, 0.2) is 24.3 Å². The number of halogens is 1. The minimum atomic E-state index is -3.40. The summed E-state index contributed by atoms with van der Waals surface area (Å²) >= 11 is 5.87. The molecular weight excluding hydrogens is 340 g/mol. The molecule has 23 heavy (non-hydrogen) atoms. The van der Waals surface area contributed by atoms with Crippen molar-refractivity contribution in [2.45, 2.75) is 18.6 Å². The number of rotatable bonds is 5. The van der Waals surface area contributed by atoms with Gasteiger partial charge in [-0.05, 0) is 36.5 Å². The quantitative estimate of drug-likeness (QED) is 0.873. The monoisotopic (exact) mass is 360 g/mol. The maximum Gasteiger partial charge on any atom is 0.409 e. The van der Waals surface area contributed by atoms with Crippen molar-refractivity contribution in [2.24, 2.45) is 5.92 Å². The van der Waals surface area contributed by atoms with Gasteiger partial charge in [0.25, 0.3) is 0 Å². The second-order valence-electron chi connectivity index (χ2n) is 5.64. The Balaban J connectivity index is 1.80. The molecule has 1 saturated heterocycles. The molecule has 1 aliphatic heterocycles. The highest BCUT2D eigenvalue weighted by molar-refractivity contribution is 7.88. The van der Waals surface area contributed by atoms with Gasteiger partial charge in [0.2, 0.25) is 10.0 Å². The minimum Gasteiger partial charge on any atom is -0.453 e. The first-order valence-corrected chi connectivity index (χ1v) is 9.47. The van der Waals surface area contributed by atoms with Crippen molar-refractivity contribution in [3.63, 3.8) is 0 Å². The van der Waals surface area contributed by atoms with Crippen LogP contribution in [0, 0.1) is 5.92 Å². The van der Waals surface area contributed by atoms with Crippen molar-refractivity contribution in [3.05, 3.63) is 34.9 Å². The Morgan fingerprint density at radius 2 is 2.09 bits per heavy atom. The minimum absolute atomic E-state index is 0.0887. The Bertz CT molecular complexity index is 643. The number of nitrogens with one attached hydrogen (secondary N) is 1. The smallest absolute Gasteiger partial charge is 0.409 e. The summed E-state index contributed by atoms with van der Waals surface area (Å²) in [5, 5.41) is 0.521. The first kappa shape index (κ1) is 18.0. The fourth-order valence-corrected chi connectivity index (χ4v) is 4.01. The largest absolute Gasteiger partial charge is 0.453 e. The number of sulfonamides is 1. The van der Waals surface area contributed by atoms with E-state index in [2.05, 4.69) is 9.46 Å². The van der Waals surface area contributed by atoms with E-state index in [9.17, 15) is 13.2 Å². The van der Waals surface area contributed by atoms with E-state index in [1.54, 1.807) is 29.2 Å². The third-order valence-electron chi connectivity index (χ3n) is 3.88. The zero-order chi connectivity index (χ0) is 16.9. The van der Waals surface area contributed by atoms with E-state index < -0.39 is 10.0 Å². The zero-order valence-corrected chi connectivity index (χ0v) is 14.6. The first-order valence-electron chi connectivity index (χ1n) is 7.44. The van der Waals surface area contributed by atoms with E-state index in [1.807, 2.05) is 0 Å². The average molecular weight is 361 g/mol. The highest BCUT2D eigenvalue weighted by Crippen LogP contribution is 2.18. The number of hydrogen-bond donors (Lipinski definition) is 1. The van der Waals surface area contributed by atoms with E-state index >= 15 is 0 Å². The van der Waals surface area contributed by atoms with Crippen LogP contribution in [0.25, 0.3) is 0 Å². The number of ether oxygens (including phenoxy) is 1. The van der Waals surface area contributed by atoms with Gasteiger partial charge in [-0.1, -0.05) is 23.7 Å². The summed E-state index contributed by atoms with van der Waals surface area (Å²) in [7, 11) is -2.04. The summed E-state index contributed by atoms with van der Waals surface area (Å²) in [5.41, 5.74) is 0.658. The molecule has 8 heteroatoms. The third kappa shape index (κ3) is 5.67. The van der Waals surface area contributed by atoms with E-state index in [-0.39, 0.29) is 17.8 Å². The van der Waals surface area contributed by atoms with Crippen molar-refractivity contribution in [1.29, 1.82) is 0 Å². The molecule has 1 heterocycles. The van der Waals surface area contributed by atoms with Gasteiger partial charge in [-0.15, -0.1) is 0 Å². The molecule has 0 atom stereocenters. The molecule has 1 aromatic rings. The predicted octanol–water partition coefficient (Wildman–Crippen LogP) is 2.24. The summed E-state index contributed by atoms with van der Waals surface area (Å²) in [6.07, 6.45) is 1.19. The lowest BCUT2D eigenvalue weighted by Crippen LogP contribution is -2.41. The molecule has 2 rings (SSSR count). The molecular formula is C15H21ClN2O4S. The summed E-state index contributed by atoms with van der Waals surface area (Å²) in [4.78, 5) is 13.0. The fraction of sp³-hybridized carbons (Fsp3) is 0.533. The lowest BCUT2D eigenvalue weighted by Gasteiger charge is -2.30. The van der Waals surface area contributed by atoms with Crippen LogP contribution in [0.3, 0.4) is 0 Å². The molecule has 128 valence electrons. The number of carbonyl (C=O) groups excluding carboxylic acids is 1. The molecule has 0 saturated carbocycles. The van der Waals surface area contributed by atoms with Gasteiger partial charge in [-0.25, -0.2) is 17.9 Å². The van der Waals surface area contributed by atoms with E-state index in [0.717, 1.165) is 12.8 Å². The molecule has 1 aromatic carbocycles. The Morgan fingerprint density at radius 1 is 1.39 bits per heavy atom. The molecule has 0 aromatic heterocycles. The highest BCUT2D eigenvalue weighted by Gasteiger charge is 2.24. The molecule has 1 N–H and O–H groups in total. The molecule has 0 bridgehead atoms. The Labute approximate surface area is 141 Å². The Kier molecular flexibility index (Phi) is 6.26. The highest BCUT2D eigenvalue weighted by atomic mass is 35.5. The van der Waals surface area contributed by atoms with E-state index in [1.165, 1.54) is 7.11 Å². The fourth-order valence-electron chi connectivity index (χ4n) is 2.59. The normalized spacial score (nSPS) is 16.3. The molecule has 1 aliphatic rings. The number of hydrogen-bond acceptors (Lipinski definition) is 4. The molecule has 1 fully saturated rings. The predicted molar refractivity (Wildman–Crippen MR) is 88.8 cm³/mol. The Morgan fingerprint density at radius 3 is 2.70 bits per heavy atom. The summed E-state index contributed by atoms with van der Waals surface area (Å²) in [5.74, 6) is 0.138. The van der Waals surface area contributed by atoms with Crippen LogP contribution in [0.5, 0.6) is 0 Å². The maximum absolute atomic E-state index is 12.1. The maximum atomic E-state index is 12.1. The van der Waals surface area contributed by atoms with Gasteiger partial charge >= 0.3 is 6.09 Å². The lowest BCUT2D eigenvalue weighted by molar-refractivity contribution is 0.106. The number of piperidine rings is 1. The number of nitrogens with zero attached hydrogens (tertiary/aromatic N) is 1. The Hall–Kier alpha value is -1.31. The second-order valence-corrected chi connectivity index (χ2v) is 7.88. The van der Waals surface area contributed by atoms with Gasteiger partial charge in [0.1, 0.15) is 0 Å². The number of amides is 1. The van der Waals surface area contributed by atoms with Crippen molar-refractivity contribution in [3.8, 4) is 0 Å². The molecule has 0 aliphatic carbocycles. The summed E-state index contributed by atoms with van der Waals surface area (Å²) in [6, 6.07) is 6.82. The molecule has 0 spiro atoms. The lowest BCUT2D eigenvalue weighted by atomic mass is 9.97. The van der Waals surface area contributed by atoms with Crippen LogP contribution < -0.4 is 4.72 Å². The zero-order valence-electron chi connectivity index (χ0n) is 13.0. The first-order chi connectivity index (χ1) is 10.9. The molecule has 0 radical (unpaired) electrons. The van der Waals surface area contributed by atoms with Crippen LogP contribution >= 0.6 is 11.6 Å². The average Bonchev–Trinajstić information content (AvgIpc) is 2.52. The number of carbonyl (C=O) groups is 1. The van der Waals surface area contributed by atoms with Gasteiger partial charge in [-0.2, -0.15) is 0 Å². The number of likely N-dealkylation sites (tertiary alicyclic amines) is 1. The third-order valence-corrected chi connectivity index (χ3v) is 5.44. The van der Waals surface area contributed by atoms with Crippen LogP contribution in [0.1, 0.15) is 18.4 Å². The standard InChI is InChI=1S/C15H21ClN2O4S/c1-22-15(19)18-7-5-12(6-8-18)10-17-23(20,21)11-13-3-2-4-14(16)9-13/h2-4,9,12,17H,5-8,10-11H2,1H3. The van der Waals surface area contributed by atoms with Crippen molar-refractivity contribution >= 4 is 27.7 Å². The van der Waals surface area contributed by atoms with Crippen LogP contribution in [-0.2, 0) is 20.5 Å². The van der Waals surface area contributed by atoms with Gasteiger partial charge in [0.05, 0.1) is 12.9 Å². The number of methoxy groups -OCH3 is 1. The van der Waals surface area contributed by atoms with Gasteiger partial charge in [0, 0.05) is 24.7 Å². The summed E-state index contributed by atoms with van der Waals surface area (Å²) in [6.45, 7) is 1.57. The van der Waals surface area contributed by atoms with Gasteiger partial charge in [0.15, 0.2) is 0 Å². The second kappa shape index (κ2) is 7.99. The summed E-state index contributed by atoms with van der Waals surface area (Å²) < 4.78 is 31.6. The van der Waals surface area contributed by atoms with Gasteiger partial charge in [-0.3, -0.25) is 0 Å². The van der Waals surface area contributed by atoms with Crippen molar-refractivity contribution in [1.82, 2.24) is 9.62 Å². The SMILES string of the molecule is COC(=O)N1CCC(CNS(=O)(=O)Cc2cccc(Cl)c2)CC1. The van der Waals surface area contributed by atoms with Crippen LogP contribution in [0.2, 0.25) is 5.02 Å². The topological polar surface area (TPSA) is 75.7 Å². The molecule has 0 unspecified atom stereocenters. The number of benzene rings is 1. The van der Waals surface area contributed by atoms with E-state index in [0.29, 0.717) is 30.2 Å². The van der Waals surface area contributed by atoms with Crippen LogP contribution in [0.4, 0.5) is 4.79 Å². The van der Waals surface area contributed by atoms with E-state index in [4.69, 9.17) is 11.6 Å².